The third-order valence-corrected chi connectivity index (χ3v) is 4.72. The zero-order chi connectivity index (χ0) is 16.8. The summed E-state index contributed by atoms with van der Waals surface area (Å²) in [5.74, 6) is 1.65. The monoisotopic (exact) mass is 355 g/mol. The van der Waals surface area contributed by atoms with Gasteiger partial charge in [0.25, 0.3) is 5.91 Å². The fourth-order valence-corrected chi connectivity index (χ4v) is 3.45. The Morgan fingerprint density at radius 1 is 1.43 bits per heavy atom. The van der Waals surface area contributed by atoms with Gasteiger partial charge in [-0.25, -0.2) is 0 Å². The number of nitrogens with one attached hydrogen (secondary N) is 3. The SMILES string of the molecule is CC(C)NC(=O)c1ccc(Cl)cc1NC(=O)CC1CSCCN1. The van der Waals surface area contributed by atoms with E-state index in [0.717, 1.165) is 18.1 Å². The first-order chi connectivity index (χ1) is 11.0. The molecule has 0 spiro atoms. The first-order valence-electron chi connectivity index (χ1n) is 7.67. The minimum absolute atomic E-state index is 0.0187. The van der Waals surface area contributed by atoms with Gasteiger partial charge in [0.1, 0.15) is 0 Å². The molecule has 23 heavy (non-hydrogen) atoms. The third-order valence-electron chi connectivity index (χ3n) is 3.35. The van der Waals surface area contributed by atoms with Crippen LogP contribution >= 0.6 is 23.4 Å². The van der Waals surface area contributed by atoms with Crippen molar-refractivity contribution in [3.8, 4) is 0 Å². The molecule has 126 valence electrons. The molecule has 1 heterocycles. The van der Waals surface area contributed by atoms with Crippen LogP contribution in [0.15, 0.2) is 18.2 Å². The highest BCUT2D eigenvalue weighted by Crippen LogP contribution is 2.22. The Morgan fingerprint density at radius 3 is 2.87 bits per heavy atom. The number of carbonyl (C=O) groups excluding carboxylic acids is 2. The molecule has 0 aliphatic carbocycles. The summed E-state index contributed by atoms with van der Waals surface area (Å²) in [6.45, 7) is 4.69. The Hall–Kier alpha value is -1.24. The number of carbonyl (C=O) groups is 2. The predicted molar refractivity (Wildman–Crippen MR) is 96.4 cm³/mol. The molecule has 0 aromatic heterocycles. The van der Waals surface area contributed by atoms with Crippen molar-refractivity contribution in [3.63, 3.8) is 0 Å². The van der Waals surface area contributed by atoms with E-state index in [4.69, 9.17) is 11.6 Å². The summed E-state index contributed by atoms with van der Waals surface area (Å²) in [6.07, 6.45) is 0.380. The lowest BCUT2D eigenvalue weighted by atomic mass is 10.1. The van der Waals surface area contributed by atoms with Crippen LogP contribution in [0.3, 0.4) is 0 Å². The van der Waals surface area contributed by atoms with E-state index in [2.05, 4.69) is 16.0 Å². The number of benzene rings is 1. The van der Waals surface area contributed by atoms with Crippen LogP contribution < -0.4 is 16.0 Å². The highest BCUT2D eigenvalue weighted by Gasteiger charge is 2.19. The molecule has 0 bridgehead atoms. The first kappa shape index (κ1) is 18.1. The minimum Gasteiger partial charge on any atom is -0.350 e. The standard InChI is InChI=1S/C16H22ClN3O2S/c1-10(2)19-16(22)13-4-3-11(17)7-14(13)20-15(21)8-12-9-23-6-5-18-12/h3-4,7,10,12,18H,5-6,8-9H2,1-2H3,(H,19,22)(H,20,21). The van der Waals surface area contributed by atoms with Gasteiger partial charge < -0.3 is 16.0 Å². The van der Waals surface area contributed by atoms with Gasteiger partial charge >= 0.3 is 0 Å². The largest absolute Gasteiger partial charge is 0.350 e. The van der Waals surface area contributed by atoms with Crippen molar-refractivity contribution in [3.05, 3.63) is 28.8 Å². The molecule has 0 radical (unpaired) electrons. The summed E-state index contributed by atoms with van der Waals surface area (Å²) in [5, 5.41) is 9.45. The smallest absolute Gasteiger partial charge is 0.253 e. The van der Waals surface area contributed by atoms with Gasteiger partial charge in [0.05, 0.1) is 11.3 Å². The zero-order valence-corrected chi connectivity index (χ0v) is 14.9. The summed E-state index contributed by atoms with van der Waals surface area (Å²) >= 11 is 7.84. The normalized spacial score (nSPS) is 17.8. The number of hydrogen-bond donors (Lipinski definition) is 3. The number of halogens is 1. The molecular weight excluding hydrogens is 334 g/mol. The van der Waals surface area contributed by atoms with E-state index in [0.29, 0.717) is 22.7 Å². The van der Waals surface area contributed by atoms with Crippen molar-refractivity contribution in [2.45, 2.75) is 32.4 Å². The van der Waals surface area contributed by atoms with Gasteiger partial charge in [-0.15, -0.1) is 0 Å². The quantitative estimate of drug-likeness (QED) is 0.759. The van der Waals surface area contributed by atoms with E-state index in [1.54, 1.807) is 18.2 Å². The van der Waals surface area contributed by atoms with E-state index < -0.39 is 0 Å². The molecule has 1 fully saturated rings. The molecule has 1 saturated heterocycles. The van der Waals surface area contributed by atoms with Crippen LogP contribution in [-0.4, -0.2) is 41.9 Å². The maximum absolute atomic E-state index is 12.3. The second-order valence-corrected chi connectivity index (χ2v) is 7.38. The Morgan fingerprint density at radius 2 is 2.22 bits per heavy atom. The molecule has 1 atom stereocenters. The molecule has 3 N–H and O–H groups in total. The number of hydrogen-bond acceptors (Lipinski definition) is 4. The second kappa shape index (κ2) is 8.57. The van der Waals surface area contributed by atoms with Gasteiger partial charge in [-0.3, -0.25) is 9.59 Å². The summed E-state index contributed by atoms with van der Waals surface area (Å²) in [5.41, 5.74) is 0.867. The Bertz CT molecular complexity index is 574. The molecule has 1 unspecified atom stereocenters. The van der Waals surface area contributed by atoms with Gasteiger partial charge in [0.15, 0.2) is 0 Å². The topological polar surface area (TPSA) is 70.2 Å². The maximum atomic E-state index is 12.3. The molecule has 0 saturated carbocycles. The van der Waals surface area contributed by atoms with Crippen molar-refractivity contribution >= 4 is 40.9 Å². The molecule has 2 rings (SSSR count). The molecule has 7 heteroatoms. The number of thioether (sulfide) groups is 1. The maximum Gasteiger partial charge on any atom is 0.253 e. The van der Waals surface area contributed by atoms with Crippen molar-refractivity contribution in [2.75, 3.05) is 23.4 Å². The van der Waals surface area contributed by atoms with Crippen molar-refractivity contribution in [1.82, 2.24) is 10.6 Å². The Balaban J connectivity index is 2.06. The summed E-state index contributed by atoms with van der Waals surface area (Å²) in [4.78, 5) is 24.5. The van der Waals surface area contributed by atoms with Crippen LogP contribution in [0.2, 0.25) is 5.02 Å². The molecule has 1 aliphatic rings. The van der Waals surface area contributed by atoms with Crippen LogP contribution in [0.1, 0.15) is 30.6 Å². The van der Waals surface area contributed by atoms with E-state index in [1.165, 1.54) is 0 Å². The van der Waals surface area contributed by atoms with Gasteiger partial charge in [-0.2, -0.15) is 11.8 Å². The lowest BCUT2D eigenvalue weighted by Crippen LogP contribution is -2.40. The molecule has 1 aliphatic heterocycles. The van der Waals surface area contributed by atoms with Gasteiger partial charge in [-0.05, 0) is 32.0 Å². The van der Waals surface area contributed by atoms with E-state index in [-0.39, 0.29) is 23.9 Å². The molecule has 1 aromatic carbocycles. The number of anilines is 1. The van der Waals surface area contributed by atoms with E-state index in [9.17, 15) is 9.59 Å². The van der Waals surface area contributed by atoms with Gasteiger partial charge in [0, 0.05) is 41.6 Å². The summed E-state index contributed by atoms with van der Waals surface area (Å²) < 4.78 is 0. The average molecular weight is 356 g/mol. The first-order valence-corrected chi connectivity index (χ1v) is 9.20. The molecular formula is C16H22ClN3O2S. The summed E-state index contributed by atoms with van der Waals surface area (Å²) in [6, 6.07) is 5.07. The highest BCUT2D eigenvalue weighted by atomic mass is 35.5. The Labute approximate surface area is 145 Å². The van der Waals surface area contributed by atoms with Gasteiger partial charge in [0.2, 0.25) is 5.91 Å². The van der Waals surface area contributed by atoms with Crippen molar-refractivity contribution in [1.29, 1.82) is 0 Å². The van der Waals surface area contributed by atoms with Crippen molar-refractivity contribution in [2.24, 2.45) is 0 Å². The Kier molecular flexibility index (Phi) is 6.74. The predicted octanol–water partition coefficient (Wildman–Crippen LogP) is 2.51. The van der Waals surface area contributed by atoms with Crippen molar-refractivity contribution < 1.29 is 9.59 Å². The number of amides is 2. The fraction of sp³-hybridized carbons (Fsp3) is 0.500. The molecule has 2 amide bonds. The molecule has 5 nitrogen and oxygen atoms in total. The highest BCUT2D eigenvalue weighted by molar-refractivity contribution is 7.99. The summed E-state index contributed by atoms with van der Waals surface area (Å²) in [7, 11) is 0. The van der Waals surface area contributed by atoms with Gasteiger partial charge in [-0.1, -0.05) is 11.6 Å². The van der Waals surface area contributed by atoms with E-state index >= 15 is 0 Å². The van der Waals surface area contributed by atoms with E-state index in [1.807, 2.05) is 25.6 Å². The third kappa shape index (κ3) is 5.71. The average Bonchev–Trinajstić information content (AvgIpc) is 2.47. The molecule has 1 aromatic rings. The van der Waals surface area contributed by atoms with Crippen LogP contribution in [0.4, 0.5) is 5.69 Å². The lowest BCUT2D eigenvalue weighted by molar-refractivity contribution is -0.116. The zero-order valence-electron chi connectivity index (χ0n) is 13.3. The van der Waals surface area contributed by atoms with Crippen LogP contribution in [0, 0.1) is 0 Å². The second-order valence-electron chi connectivity index (χ2n) is 5.80. The lowest BCUT2D eigenvalue weighted by Gasteiger charge is -2.22. The van der Waals surface area contributed by atoms with Crippen LogP contribution in [0.5, 0.6) is 0 Å². The van der Waals surface area contributed by atoms with Crippen LogP contribution in [-0.2, 0) is 4.79 Å². The minimum atomic E-state index is -0.224. The van der Waals surface area contributed by atoms with Crippen LogP contribution in [0.25, 0.3) is 0 Å². The number of rotatable bonds is 5. The fourth-order valence-electron chi connectivity index (χ4n) is 2.33.